The SMILES string of the molecule is CC(C)=CCC1=C(O)c2ccccc2C(=O)C1=O.CC(C)c1ccc2c(c1)CCC1C(C)(C(N)=O)CCCC21C. The van der Waals surface area contributed by atoms with E-state index in [1.165, 1.54) is 23.1 Å². The lowest BCUT2D eigenvalue weighted by molar-refractivity contribution is -0.135. The molecule has 3 atom stereocenters. The Bertz CT molecular complexity index is 1410. The number of aliphatic hydroxyl groups excluding tert-OH is 1. The zero-order valence-electron chi connectivity index (χ0n) is 24.8. The molecule has 0 saturated heterocycles. The van der Waals surface area contributed by atoms with Gasteiger partial charge in [-0.15, -0.1) is 0 Å². The fourth-order valence-electron chi connectivity index (χ4n) is 7.08. The minimum absolute atomic E-state index is 0.0762. The van der Waals surface area contributed by atoms with Crippen LogP contribution in [0.4, 0.5) is 0 Å². The number of aryl methyl sites for hydroxylation is 1. The third kappa shape index (κ3) is 5.18. The van der Waals surface area contributed by atoms with Crippen LogP contribution in [0.5, 0.6) is 0 Å². The van der Waals surface area contributed by atoms with Gasteiger partial charge in [0.05, 0.1) is 0 Å². The van der Waals surface area contributed by atoms with Gasteiger partial charge in [-0.3, -0.25) is 14.4 Å². The van der Waals surface area contributed by atoms with Gasteiger partial charge in [0.15, 0.2) is 0 Å². The average molecular weight is 542 g/mol. The summed E-state index contributed by atoms with van der Waals surface area (Å²) in [5.74, 6) is -0.385. The Morgan fingerprint density at radius 2 is 1.73 bits per heavy atom. The number of fused-ring (bicyclic) bond motifs is 4. The van der Waals surface area contributed by atoms with Gasteiger partial charge < -0.3 is 10.8 Å². The molecule has 212 valence electrons. The molecule has 3 unspecified atom stereocenters. The molecule has 5 heteroatoms. The number of aliphatic hydroxyl groups is 1. The minimum atomic E-state index is -0.608. The van der Waals surface area contributed by atoms with Crippen molar-refractivity contribution in [3.05, 3.63) is 87.5 Å². The van der Waals surface area contributed by atoms with Crippen LogP contribution in [0, 0.1) is 11.3 Å². The summed E-state index contributed by atoms with van der Waals surface area (Å²) in [7, 11) is 0. The van der Waals surface area contributed by atoms with Crippen molar-refractivity contribution >= 4 is 23.2 Å². The molecule has 1 saturated carbocycles. The van der Waals surface area contributed by atoms with Crippen molar-refractivity contribution in [3.8, 4) is 0 Å². The fraction of sp³-hybridized carbons (Fsp3) is 0.457. The van der Waals surface area contributed by atoms with Crippen LogP contribution in [-0.4, -0.2) is 22.6 Å². The number of benzene rings is 2. The Kier molecular flexibility index (Phi) is 8.26. The van der Waals surface area contributed by atoms with Gasteiger partial charge in [-0.1, -0.05) is 88.2 Å². The summed E-state index contributed by atoms with van der Waals surface area (Å²) >= 11 is 0. The third-order valence-corrected chi connectivity index (χ3v) is 9.51. The summed E-state index contributed by atoms with van der Waals surface area (Å²) in [6.07, 6.45) is 7.50. The maximum Gasteiger partial charge on any atom is 0.234 e. The first-order valence-corrected chi connectivity index (χ1v) is 14.5. The van der Waals surface area contributed by atoms with Crippen molar-refractivity contribution < 1.29 is 19.5 Å². The Balaban J connectivity index is 0.000000189. The molecule has 0 heterocycles. The van der Waals surface area contributed by atoms with E-state index in [1.807, 2.05) is 19.9 Å². The molecule has 0 radical (unpaired) electrons. The molecule has 0 spiro atoms. The summed E-state index contributed by atoms with van der Waals surface area (Å²) in [5.41, 5.74) is 11.9. The number of primary amides is 1. The maximum absolute atomic E-state index is 12.2. The first-order chi connectivity index (χ1) is 18.8. The number of carbonyl (C=O) groups excluding carboxylic acids is 3. The van der Waals surface area contributed by atoms with E-state index in [-0.39, 0.29) is 40.1 Å². The second kappa shape index (κ2) is 11.2. The molecule has 5 nitrogen and oxygen atoms in total. The Labute approximate surface area is 238 Å². The lowest BCUT2D eigenvalue weighted by Gasteiger charge is -2.54. The zero-order chi connectivity index (χ0) is 29.4. The molecular formula is C35H43NO4. The highest BCUT2D eigenvalue weighted by Gasteiger charge is 2.54. The average Bonchev–Trinajstić information content (AvgIpc) is 2.91. The van der Waals surface area contributed by atoms with Gasteiger partial charge >= 0.3 is 0 Å². The molecule has 5 rings (SSSR count). The number of hydrogen-bond acceptors (Lipinski definition) is 4. The molecule has 3 N–H and O–H groups in total. The highest BCUT2D eigenvalue weighted by atomic mass is 16.3. The molecule has 0 aromatic heterocycles. The quantitative estimate of drug-likeness (QED) is 0.312. The van der Waals surface area contributed by atoms with Crippen LogP contribution in [0.1, 0.15) is 112 Å². The van der Waals surface area contributed by atoms with Gasteiger partial charge in [0.2, 0.25) is 17.5 Å². The number of Topliss-reactive ketones (excluding diaryl/α,β-unsaturated/α-hetero) is 2. The molecular weight excluding hydrogens is 498 g/mol. The van der Waals surface area contributed by atoms with E-state index in [2.05, 4.69) is 45.9 Å². The highest BCUT2D eigenvalue weighted by molar-refractivity contribution is 6.52. The van der Waals surface area contributed by atoms with Crippen LogP contribution >= 0.6 is 0 Å². The normalized spacial score (nSPS) is 25.3. The summed E-state index contributed by atoms with van der Waals surface area (Å²) in [6.45, 7) is 12.8. The van der Waals surface area contributed by atoms with E-state index < -0.39 is 11.6 Å². The fourth-order valence-corrected chi connectivity index (χ4v) is 7.08. The first-order valence-electron chi connectivity index (χ1n) is 14.5. The van der Waals surface area contributed by atoms with Crippen LogP contribution in [0.15, 0.2) is 59.7 Å². The molecule has 1 fully saturated rings. The van der Waals surface area contributed by atoms with Crippen molar-refractivity contribution in [1.29, 1.82) is 0 Å². The van der Waals surface area contributed by atoms with E-state index in [9.17, 15) is 19.5 Å². The monoisotopic (exact) mass is 541 g/mol. The second-order valence-electron chi connectivity index (χ2n) is 12.7. The van der Waals surface area contributed by atoms with Crippen LogP contribution in [0.25, 0.3) is 5.76 Å². The molecule has 2 aromatic carbocycles. The molecule has 40 heavy (non-hydrogen) atoms. The van der Waals surface area contributed by atoms with Crippen molar-refractivity contribution in [3.63, 3.8) is 0 Å². The predicted octanol–water partition coefficient (Wildman–Crippen LogP) is 7.38. The van der Waals surface area contributed by atoms with Crippen molar-refractivity contribution in [1.82, 2.24) is 0 Å². The van der Waals surface area contributed by atoms with E-state index >= 15 is 0 Å². The van der Waals surface area contributed by atoms with Gasteiger partial charge in [-0.05, 0) is 79.9 Å². The van der Waals surface area contributed by atoms with Crippen LogP contribution < -0.4 is 5.73 Å². The topological polar surface area (TPSA) is 97.5 Å². The number of nitrogens with two attached hydrogens (primary N) is 1. The van der Waals surface area contributed by atoms with E-state index in [0.717, 1.165) is 31.3 Å². The molecule has 0 bridgehead atoms. The van der Waals surface area contributed by atoms with Gasteiger partial charge in [0, 0.05) is 22.1 Å². The van der Waals surface area contributed by atoms with E-state index in [4.69, 9.17) is 5.73 Å². The Hall–Kier alpha value is -3.47. The lowest BCUT2D eigenvalue weighted by atomic mass is 9.49. The van der Waals surface area contributed by atoms with Gasteiger partial charge in [-0.25, -0.2) is 0 Å². The zero-order valence-corrected chi connectivity index (χ0v) is 24.8. The largest absolute Gasteiger partial charge is 0.507 e. The van der Waals surface area contributed by atoms with Crippen molar-refractivity contribution in [2.45, 2.75) is 91.4 Å². The predicted molar refractivity (Wildman–Crippen MR) is 160 cm³/mol. The smallest absolute Gasteiger partial charge is 0.234 e. The third-order valence-electron chi connectivity index (χ3n) is 9.51. The number of rotatable bonds is 4. The van der Waals surface area contributed by atoms with Crippen molar-refractivity contribution in [2.75, 3.05) is 0 Å². The number of hydrogen-bond donors (Lipinski definition) is 2. The maximum atomic E-state index is 12.2. The second-order valence-corrected chi connectivity index (χ2v) is 12.7. The number of ketones is 2. The Morgan fingerprint density at radius 3 is 2.35 bits per heavy atom. The summed E-state index contributed by atoms with van der Waals surface area (Å²) in [6, 6.07) is 13.6. The number of carbonyl (C=O) groups is 3. The minimum Gasteiger partial charge on any atom is -0.507 e. The standard InChI is InChI=1S/C20H29NO.C15H14O3/c1-13(2)14-6-8-16-15(12-14)7-9-17-19(16,3)10-5-11-20(17,4)18(21)22;1-9(2)7-8-12-13(16)10-5-3-4-6-11(10)14(17)15(12)18/h6,8,12-13,17H,5,7,9-11H2,1-4H3,(H2,21,22);3-7,16H,8H2,1-2H3. The van der Waals surface area contributed by atoms with Gasteiger partial charge in [0.1, 0.15) is 5.76 Å². The summed E-state index contributed by atoms with van der Waals surface area (Å²) < 4.78 is 0. The van der Waals surface area contributed by atoms with Gasteiger partial charge in [-0.2, -0.15) is 0 Å². The molecule has 0 aliphatic heterocycles. The van der Waals surface area contributed by atoms with Crippen molar-refractivity contribution in [2.24, 2.45) is 17.1 Å². The van der Waals surface area contributed by atoms with Crippen LogP contribution in [-0.2, 0) is 21.4 Å². The number of amides is 1. The highest BCUT2D eigenvalue weighted by Crippen LogP contribution is 2.57. The first kappa shape index (κ1) is 29.5. The van der Waals surface area contributed by atoms with Crippen LogP contribution in [0.3, 0.4) is 0 Å². The van der Waals surface area contributed by atoms with Gasteiger partial charge in [0.25, 0.3) is 0 Å². The summed E-state index contributed by atoms with van der Waals surface area (Å²) in [4.78, 5) is 36.0. The number of allylic oxidation sites excluding steroid dienone is 3. The lowest BCUT2D eigenvalue weighted by Crippen LogP contribution is -2.54. The van der Waals surface area contributed by atoms with E-state index in [0.29, 0.717) is 17.4 Å². The molecule has 3 aliphatic rings. The Morgan fingerprint density at radius 1 is 1.05 bits per heavy atom. The van der Waals surface area contributed by atoms with E-state index in [1.54, 1.807) is 24.3 Å². The molecule has 3 aliphatic carbocycles. The molecule has 2 aromatic rings. The summed E-state index contributed by atoms with van der Waals surface area (Å²) in [5, 5.41) is 10.1. The van der Waals surface area contributed by atoms with Crippen LogP contribution in [0.2, 0.25) is 0 Å². The molecule has 1 amide bonds.